The zero-order valence-corrected chi connectivity index (χ0v) is 8.74. The number of rotatable bonds is 2. The van der Waals surface area contributed by atoms with Crippen LogP contribution < -0.4 is 10.1 Å². The van der Waals surface area contributed by atoms with Crippen molar-refractivity contribution in [1.82, 2.24) is 0 Å². The number of esters is 1. The van der Waals surface area contributed by atoms with Gasteiger partial charge in [-0.3, -0.25) is 4.79 Å². The molecule has 0 aliphatic heterocycles. The number of carbonyl (C=O) groups is 2. The quantitative estimate of drug-likeness (QED) is 0.603. The third-order valence-electron chi connectivity index (χ3n) is 1.78. The van der Waals surface area contributed by atoms with Crippen LogP contribution in [0.3, 0.4) is 0 Å². The minimum Gasteiger partial charge on any atom is -0.494 e. The van der Waals surface area contributed by atoms with E-state index in [1.807, 2.05) is 0 Å². The molecular weight excluding hydrogens is 217 g/mol. The van der Waals surface area contributed by atoms with E-state index in [0.29, 0.717) is 0 Å². The number of methoxy groups -OCH3 is 2. The highest BCUT2D eigenvalue weighted by Crippen LogP contribution is 2.20. The summed E-state index contributed by atoms with van der Waals surface area (Å²) in [5.74, 6) is -2.59. The summed E-state index contributed by atoms with van der Waals surface area (Å²) >= 11 is 0. The van der Waals surface area contributed by atoms with Gasteiger partial charge in [0.2, 0.25) is 0 Å². The summed E-state index contributed by atoms with van der Waals surface area (Å²) < 4.78 is 22.1. The molecule has 0 heterocycles. The van der Waals surface area contributed by atoms with Gasteiger partial charge in [-0.1, -0.05) is 0 Å². The molecule has 1 aromatic carbocycles. The molecule has 0 bridgehead atoms. The second-order valence-corrected chi connectivity index (χ2v) is 2.80. The predicted octanol–water partition coefficient (Wildman–Crippen LogP) is 0.946. The van der Waals surface area contributed by atoms with Crippen molar-refractivity contribution in [2.75, 3.05) is 19.5 Å². The fourth-order valence-electron chi connectivity index (χ4n) is 1.02. The smallest absolute Gasteiger partial charge is 0.396 e. The molecule has 0 aromatic heterocycles. The summed E-state index contributed by atoms with van der Waals surface area (Å²) in [5, 5.41) is 2.18. The van der Waals surface area contributed by atoms with Gasteiger partial charge in [0, 0.05) is 11.8 Å². The van der Waals surface area contributed by atoms with Crippen LogP contribution in [-0.2, 0) is 14.3 Å². The Morgan fingerprint density at radius 1 is 1.31 bits per heavy atom. The van der Waals surface area contributed by atoms with Crippen LogP contribution in [0.25, 0.3) is 0 Å². The molecule has 0 saturated carbocycles. The van der Waals surface area contributed by atoms with Crippen LogP contribution in [-0.4, -0.2) is 26.1 Å². The first kappa shape index (κ1) is 12.0. The van der Waals surface area contributed by atoms with Crippen molar-refractivity contribution in [3.05, 3.63) is 24.0 Å². The van der Waals surface area contributed by atoms with Gasteiger partial charge >= 0.3 is 11.9 Å². The molecule has 0 fully saturated rings. The molecule has 0 atom stereocenters. The van der Waals surface area contributed by atoms with Crippen molar-refractivity contribution < 1.29 is 23.5 Å². The molecular formula is C10H10FNO4. The van der Waals surface area contributed by atoms with E-state index in [4.69, 9.17) is 4.74 Å². The van der Waals surface area contributed by atoms with E-state index in [1.54, 1.807) is 0 Å². The highest BCUT2D eigenvalue weighted by molar-refractivity contribution is 6.37. The van der Waals surface area contributed by atoms with Gasteiger partial charge < -0.3 is 14.8 Å². The molecule has 86 valence electrons. The summed E-state index contributed by atoms with van der Waals surface area (Å²) in [5.41, 5.74) is 0.147. The Morgan fingerprint density at radius 3 is 2.50 bits per heavy atom. The molecule has 0 aliphatic rings. The fourth-order valence-corrected chi connectivity index (χ4v) is 1.02. The Morgan fingerprint density at radius 2 is 2.00 bits per heavy atom. The van der Waals surface area contributed by atoms with Gasteiger partial charge in [0.25, 0.3) is 0 Å². The Kier molecular flexibility index (Phi) is 3.82. The maximum Gasteiger partial charge on any atom is 0.396 e. The van der Waals surface area contributed by atoms with Crippen LogP contribution >= 0.6 is 0 Å². The average Bonchev–Trinajstić information content (AvgIpc) is 2.28. The fraction of sp³-hybridized carbons (Fsp3) is 0.200. The number of anilines is 1. The van der Waals surface area contributed by atoms with Gasteiger partial charge in [-0.15, -0.1) is 0 Å². The van der Waals surface area contributed by atoms with Crippen molar-refractivity contribution in [2.24, 2.45) is 0 Å². The molecule has 6 heteroatoms. The second kappa shape index (κ2) is 5.11. The molecule has 0 radical (unpaired) electrons. The Hall–Kier alpha value is -2.11. The van der Waals surface area contributed by atoms with Gasteiger partial charge in [-0.05, 0) is 12.1 Å². The normalized spacial score (nSPS) is 9.44. The van der Waals surface area contributed by atoms with E-state index < -0.39 is 17.7 Å². The van der Waals surface area contributed by atoms with E-state index in [1.165, 1.54) is 19.2 Å². The lowest BCUT2D eigenvalue weighted by Gasteiger charge is -2.05. The molecule has 0 spiro atoms. The molecule has 1 aromatic rings. The van der Waals surface area contributed by atoms with Crippen LogP contribution in [0.1, 0.15) is 0 Å². The number of ether oxygens (including phenoxy) is 2. The van der Waals surface area contributed by atoms with Crippen LogP contribution in [0.2, 0.25) is 0 Å². The van der Waals surface area contributed by atoms with Crippen LogP contribution in [0, 0.1) is 5.82 Å². The van der Waals surface area contributed by atoms with E-state index in [9.17, 15) is 14.0 Å². The Balaban J connectivity index is 2.79. The average molecular weight is 227 g/mol. The second-order valence-electron chi connectivity index (χ2n) is 2.80. The third-order valence-corrected chi connectivity index (χ3v) is 1.78. The summed E-state index contributed by atoms with van der Waals surface area (Å²) in [6.45, 7) is 0. The van der Waals surface area contributed by atoms with Crippen molar-refractivity contribution in [3.63, 3.8) is 0 Å². The summed E-state index contributed by atoms with van der Waals surface area (Å²) in [6, 6.07) is 3.78. The van der Waals surface area contributed by atoms with Crippen molar-refractivity contribution in [2.45, 2.75) is 0 Å². The van der Waals surface area contributed by atoms with Gasteiger partial charge in [-0.25, -0.2) is 9.18 Å². The zero-order valence-electron chi connectivity index (χ0n) is 8.74. The third kappa shape index (κ3) is 2.69. The first-order chi connectivity index (χ1) is 7.58. The van der Waals surface area contributed by atoms with Crippen LogP contribution in [0.15, 0.2) is 18.2 Å². The number of amides is 1. The van der Waals surface area contributed by atoms with Gasteiger partial charge in [0.1, 0.15) is 0 Å². The van der Waals surface area contributed by atoms with Gasteiger partial charge in [-0.2, -0.15) is 0 Å². The standard InChI is InChI=1S/C10H10FNO4/c1-15-8-4-3-6(5-7(8)11)12-9(13)10(14)16-2/h3-5H,1-2H3,(H,12,13). The van der Waals surface area contributed by atoms with Crippen molar-refractivity contribution in [3.8, 4) is 5.75 Å². The van der Waals surface area contributed by atoms with E-state index in [0.717, 1.165) is 13.2 Å². The number of carbonyl (C=O) groups excluding carboxylic acids is 2. The highest BCUT2D eigenvalue weighted by Gasteiger charge is 2.14. The summed E-state index contributed by atoms with van der Waals surface area (Å²) in [4.78, 5) is 21.8. The largest absolute Gasteiger partial charge is 0.494 e. The number of benzene rings is 1. The lowest BCUT2D eigenvalue weighted by molar-refractivity contribution is -0.150. The lowest BCUT2D eigenvalue weighted by atomic mass is 10.3. The molecule has 5 nitrogen and oxygen atoms in total. The Labute approximate surface area is 91.2 Å². The minimum absolute atomic E-state index is 0.0519. The molecule has 1 N–H and O–H groups in total. The first-order valence-corrected chi connectivity index (χ1v) is 4.31. The van der Waals surface area contributed by atoms with E-state index in [2.05, 4.69) is 10.1 Å². The van der Waals surface area contributed by atoms with E-state index >= 15 is 0 Å². The SMILES string of the molecule is COC(=O)C(=O)Nc1ccc(OC)c(F)c1. The highest BCUT2D eigenvalue weighted by atomic mass is 19.1. The number of hydrogen-bond acceptors (Lipinski definition) is 4. The maximum atomic E-state index is 13.2. The maximum absolute atomic E-state index is 13.2. The topological polar surface area (TPSA) is 64.6 Å². The monoisotopic (exact) mass is 227 g/mol. The number of hydrogen-bond donors (Lipinski definition) is 1. The number of nitrogens with one attached hydrogen (secondary N) is 1. The predicted molar refractivity (Wildman–Crippen MR) is 53.6 cm³/mol. The van der Waals surface area contributed by atoms with Crippen LogP contribution in [0.4, 0.5) is 10.1 Å². The zero-order chi connectivity index (χ0) is 12.1. The molecule has 1 amide bonds. The molecule has 16 heavy (non-hydrogen) atoms. The van der Waals surface area contributed by atoms with Gasteiger partial charge in [0.05, 0.1) is 14.2 Å². The summed E-state index contributed by atoms with van der Waals surface area (Å²) in [7, 11) is 2.40. The number of halogens is 1. The lowest BCUT2D eigenvalue weighted by Crippen LogP contribution is -2.23. The molecule has 0 unspecified atom stereocenters. The van der Waals surface area contributed by atoms with Crippen LogP contribution in [0.5, 0.6) is 5.75 Å². The molecule has 1 rings (SSSR count). The van der Waals surface area contributed by atoms with Gasteiger partial charge in [0.15, 0.2) is 11.6 Å². The van der Waals surface area contributed by atoms with E-state index in [-0.39, 0.29) is 11.4 Å². The Bertz CT molecular complexity index is 419. The van der Waals surface area contributed by atoms with Crippen molar-refractivity contribution in [1.29, 1.82) is 0 Å². The first-order valence-electron chi connectivity index (χ1n) is 4.31. The summed E-state index contributed by atoms with van der Waals surface area (Å²) in [6.07, 6.45) is 0. The molecule has 0 saturated heterocycles. The minimum atomic E-state index is -1.05. The molecule has 0 aliphatic carbocycles. The van der Waals surface area contributed by atoms with Crippen molar-refractivity contribution >= 4 is 17.6 Å².